The van der Waals surface area contributed by atoms with Gasteiger partial charge in [-0.15, -0.1) is 0 Å². The van der Waals surface area contributed by atoms with Crippen LogP contribution in [0.25, 0.3) is 33.2 Å². The number of phenols is 1. The van der Waals surface area contributed by atoms with Crippen molar-refractivity contribution >= 4 is 21.9 Å². The molecule has 3 heterocycles. The van der Waals surface area contributed by atoms with Crippen molar-refractivity contribution in [3.8, 4) is 17.0 Å². The van der Waals surface area contributed by atoms with Gasteiger partial charge in [-0.25, -0.2) is 9.37 Å². The molecule has 1 fully saturated rings. The first kappa shape index (κ1) is 17.1. The summed E-state index contributed by atoms with van der Waals surface area (Å²) >= 11 is 0. The van der Waals surface area contributed by atoms with Gasteiger partial charge in [0, 0.05) is 24.2 Å². The number of halogens is 1. The van der Waals surface area contributed by atoms with E-state index in [1.807, 2.05) is 6.07 Å². The zero-order chi connectivity index (χ0) is 19.3. The van der Waals surface area contributed by atoms with Gasteiger partial charge in [0.05, 0.1) is 22.9 Å². The van der Waals surface area contributed by atoms with Gasteiger partial charge in [-0.05, 0) is 55.6 Å². The van der Waals surface area contributed by atoms with E-state index in [2.05, 4.69) is 32.5 Å². The first-order valence-electron chi connectivity index (χ1n) is 9.43. The summed E-state index contributed by atoms with van der Waals surface area (Å²) in [6.45, 7) is 2.07. The van der Waals surface area contributed by atoms with Gasteiger partial charge in [-0.1, -0.05) is 6.07 Å². The largest absolute Gasteiger partial charge is 0.504 e. The Labute approximate surface area is 161 Å². The molecule has 1 aliphatic heterocycles. The maximum Gasteiger partial charge on any atom is 0.193 e. The molecule has 1 saturated heterocycles. The number of phenolic OH excluding ortho intramolecular Hbond substituents is 1. The zero-order valence-corrected chi connectivity index (χ0v) is 15.5. The fraction of sp³-hybridized carbons (Fsp3) is 0.286. The van der Waals surface area contributed by atoms with Crippen molar-refractivity contribution in [3.63, 3.8) is 0 Å². The van der Waals surface area contributed by atoms with Crippen molar-refractivity contribution in [2.24, 2.45) is 7.05 Å². The first-order valence-corrected chi connectivity index (χ1v) is 9.43. The van der Waals surface area contributed by atoms with Gasteiger partial charge in [-0.2, -0.15) is 5.10 Å². The quantitative estimate of drug-likeness (QED) is 0.559. The number of nitrogens with zero attached hydrogens (tertiary/aromatic N) is 4. The number of fused-ring (bicyclic) bond motifs is 2. The molecule has 2 N–H and O–H groups in total. The Bertz CT molecular complexity index is 1200. The lowest BCUT2D eigenvalue weighted by Crippen LogP contribution is -2.26. The average Bonchev–Trinajstić information content (AvgIpc) is 3.11. The van der Waals surface area contributed by atoms with E-state index in [1.54, 1.807) is 25.5 Å². The average molecular weight is 377 g/mol. The third-order valence-electron chi connectivity index (χ3n) is 5.48. The smallest absolute Gasteiger partial charge is 0.193 e. The third kappa shape index (κ3) is 2.79. The Kier molecular flexibility index (Phi) is 3.98. The van der Waals surface area contributed by atoms with Gasteiger partial charge in [0.2, 0.25) is 0 Å². The Balaban J connectivity index is 1.58. The van der Waals surface area contributed by atoms with Crippen LogP contribution in [0.15, 0.2) is 36.7 Å². The van der Waals surface area contributed by atoms with Gasteiger partial charge in [-0.3, -0.25) is 9.67 Å². The highest BCUT2D eigenvalue weighted by molar-refractivity contribution is 5.88. The minimum atomic E-state index is -0.740. The van der Waals surface area contributed by atoms with Gasteiger partial charge in [0.15, 0.2) is 11.6 Å². The molecule has 1 aliphatic rings. The molecule has 2 aromatic carbocycles. The molecule has 0 atom stereocenters. The fourth-order valence-electron chi connectivity index (χ4n) is 4.00. The van der Waals surface area contributed by atoms with E-state index >= 15 is 0 Å². The molecular formula is C21H20FN5O. The predicted molar refractivity (Wildman–Crippen MR) is 106 cm³/mol. The molecule has 0 amide bonds. The normalized spacial score (nSPS) is 15.5. The molecule has 2 aromatic heterocycles. The van der Waals surface area contributed by atoms with Gasteiger partial charge >= 0.3 is 0 Å². The highest BCUT2D eigenvalue weighted by Gasteiger charge is 2.19. The molecule has 0 aliphatic carbocycles. The predicted octanol–water partition coefficient (Wildman–Crippen LogP) is 3.50. The van der Waals surface area contributed by atoms with Crippen LogP contribution in [0.4, 0.5) is 4.39 Å². The molecule has 142 valence electrons. The summed E-state index contributed by atoms with van der Waals surface area (Å²) in [6, 6.07) is 7.84. The lowest BCUT2D eigenvalue weighted by molar-refractivity contribution is 0.437. The monoisotopic (exact) mass is 377 g/mol. The third-order valence-corrected chi connectivity index (χ3v) is 5.48. The number of nitrogens with one attached hydrogen (secondary N) is 1. The SMILES string of the molecule is Cn1cc2cc(-c3cnc4cc(C5CCNCC5)ccc4n3)c(O)c(F)c2n1. The minimum absolute atomic E-state index is 0.143. The van der Waals surface area contributed by atoms with Crippen molar-refractivity contribution in [1.29, 1.82) is 0 Å². The highest BCUT2D eigenvalue weighted by atomic mass is 19.1. The molecule has 0 bridgehead atoms. The van der Waals surface area contributed by atoms with Crippen LogP contribution in [-0.4, -0.2) is 37.9 Å². The van der Waals surface area contributed by atoms with E-state index in [4.69, 9.17) is 0 Å². The molecule has 0 saturated carbocycles. The Morgan fingerprint density at radius 3 is 2.82 bits per heavy atom. The lowest BCUT2D eigenvalue weighted by Gasteiger charge is -2.23. The second-order valence-corrected chi connectivity index (χ2v) is 7.35. The van der Waals surface area contributed by atoms with E-state index < -0.39 is 11.6 Å². The van der Waals surface area contributed by atoms with Crippen LogP contribution in [0, 0.1) is 5.82 Å². The van der Waals surface area contributed by atoms with E-state index in [0.717, 1.165) is 37.0 Å². The molecule has 0 radical (unpaired) electrons. The van der Waals surface area contributed by atoms with Crippen molar-refractivity contribution in [2.45, 2.75) is 18.8 Å². The van der Waals surface area contributed by atoms with Gasteiger partial charge in [0.25, 0.3) is 0 Å². The fourth-order valence-corrected chi connectivity index (χ4v) is 4.00. The van der Waals surface area contributed by atoms with E-state index in [9.17, 15) is 9.50 Å². The number of aryl methyl sites for hydroxylation is 1. The van der Waals surface area contributed by atoms with Crippen molar-refractivity contribution in [2.75, 3.05) is 13.1 Å². The molecule has 5 rings (SSSR count). The van der Waals surface area contributed by atoms with E-state index in [-0.39, 0.29) is 5.52 Å². The first-order chi connectivity index (χ1) is 13.6. The van der Waals surface area contributed by atoms with Crippen LogP contribution in [0.1, 0.15) is 24.3 Å². The van der Waals surface area contributed by atoms with Crippen LogP contribution in [0.3, 0.4) is 0 Å². The number of aromatic hydroxyl groups is 1. The Morgan fingerprint density at radius 2 is 2.00 bits per heavy atom. The summed E-state index contributed by atoms with van der Waals surface area (Å²) < 4.78 is 16.1. The topological polar surface area (TPSA) is 75.9 Å². The van der Waals surface area contributed by atoms with E-state index in [0.29, 0.717) is 22.6 Å². The molecule has 0 unspecified atom stereocenters. The summed E-state index contributed by atoms with van der Waals surface area (Å²) in [5, 5.41) is 18.4. The highest BCUT2D eigenvalue weighted by Crippen LogP contribution is 2.36. The molecule has 28 heavy (non-hydrogen) atoms. The van der Waals surface area contributed by atoms with Gasteiger partial charge < -0.3 is 10.4 Å². The Morgan fingerprint density at radius 1 is 1.18 bits per heavy atom. The summed E-state index contributed by atoms with van der Waals surface area (Å²) in [6.07, 6.45) is 5.54. The maximum atomic E-state index is 14.6. The van der Waals surface area contributed by atoms with Crippen LogP contribution >= 0.6 is 0 Å². The summed E-state index contributed by atoms with van der Waals surface area (Å²) in [5.41, 5.74) is 3.70. The van der Waals surface area contributed by atoms with Crippen LogP contribution in [0.2, 0.25) is 0 Å². The van der Waals surface area contributed by atoms with Crippen LogP contribution < -0.4 is 5.32 Å². The van der Waals surface area contributed by atoms with E-state index in [1.165, 1.54) is 10.2 Å². The number of aromatic nitrogens is 4. The van der Waals surface area contributed by atoms with Crippen LogP contribution in [0.5, 0.6) is 5.75 Å². The zero-order valence-electron chi connectivity index (χ0n) is 15.5. The number of benzene rings is 2. The van der Waals surface area contributed by atoms with Crippen molar-refractivity contribution in [1.82, 2.24) is 25.1 Å². The molecule has 0 spiro atoms. The Hall–Kier alpha value is -3.06. The summed E-state index contributed by atoms with van der Waals surface area (Å²) in [4.78, 5) is 9.16. The number of hydrogen-bond acceptors (Lipinski definition) is 5. The molecular weight excluding hydrogens is 357 g/mol. The number of rotatable bonds is 2. The van der Waals surface area contributed by atoms with Crippen molar-refractivity contribution < 1.29 is 9.50 Å². The molecule has 4 aromatic rings. The maximum absolute atomic E-state index is 14.6. The lowest BCUT2D eigenvalue weighted by atomic mass is 9.90. The van der Waals surface area contributed by atoms with Gasteiger partial charge in [0.1, 0.15) is 5.52 Å². The number of piperidine rings is 1. The summed E-state index contributed by atoms with van der Waals surface area (Å²) in [5.74, 6) is -0.652. The second kappa shape index (κ2) is 6.53. The van der Waals surface area contributed by atoms with Crippen LogP contribution in [-0.2, 0) is 7.05 Å². The molecule has 7 heteroatoms. The minimum Gasteiger partial charge on any atom is -0.504 e. The van der Waals surface area contributed by atoms with Crippen molar-refractivity contribution in [3.05, 3.63) is 48.0 Å². The number of hydrogen-bond donors (Lipinski definition) is 2. The standard InChI is InChI=1S/C21H20FN5O/c1-27-11-14-8-15(21(28)19(22)20(14)26-27)18-10-24-17-9-13(2-3-16(17)25-18)12-4-6-23-7-5-12/h2-3,8-12,23,28H,4-7H2,1H3. The summed E-state index contributed by atoms with van der Waals surface area (Å²) in [7, 11) is 1.71. The second-order valence-electron chi connectivity index (χ2n) is 7.35. The molecule has 6 nitrogen and oxygen atoms in total.